The lowest BCUT2D eigenvalue weighted by molar-refractivity contribution is -0.120. The Morgan fingerprint density at radius 3 is 2.91 bits per heavy atom. The molecule has 0 bridgehead atoms. The zero-order valence-electron chi connectivity index (χ0n) is 12.9. The highest BCUT2D eigenvalue weighted by Crippen LogP contribution is 2.24. The maximum atomic E-state index is 13.7. The molecule has 1 heterocycles. The van der Waals surface area contributed by atoms with Crippen LogP contribution in [-0.4, -0.2) is 37.5 Å². The average molecular weight is 363 g/mol. The fourth-order valence-corrected chi connectivity index (χ4v) is 4.38. The van der Waals surface area contributed by atoms with E-state index in [1.165, 1.54) is 22.5 Å². The fraction of sp³-hybridized carbons (Fsp3) is 0.533. The van der Waals surface area contributed by atoms with Crippen molar-refractivity contribution in [2.75, 3.05) is 24.2 Å². The highest BCUT2D eigenvalue weighted by molar-refractivity contribution is 7.89. The zero-order chi connectivity index (χ0) is 17.0. The number of amides is 1. The maximum absolute atomic E-state index is 13.7. The van der Waals surface area contributed by atoms with Crippen LogP contribution in [0, 0.1) is 11.7 Å². The van der Waals surface area contributed by atoms with Gasteiger partial charge in [-0.3, -0.25) is 4.79 Å². The fourth-order valence-electron chi connectivity index (χ4n) is 2.62. The van der Waals surface area contributed by atoms with E-state index in [0.29, 0.717) is 30.8 Å². The van der Waals surface area contributed by atoms with E-state index in [9.17, 15) is 17.6 Å². The molecule has 1 aromatic rings. The van der Waals surface area contributed by atoms with Gasteiger partial charge in [-0.2, -0.15) is 0 Å². The number of benzene rings is 1. The summed E-state index contributed by atoms with van der Waals surface area (Å²) in [5.41, 5.74) is 0.0102. The number of piperidine rings is 1. The molecule has 128 valence electrons. The van der Waals surface area contributed by atoms with Crippen molar-refractivity contribution in [3.63, 3.8) is 0 Å². The first-order valence-corrected chi connectivity index (χ1v) is 9.56. The van der Waals surface area contributed by atoms with Crippen molar-refractivity contribution in [2.45, 2.75) is 26.2 Å². The van der Waals surface area contributed by atoms with Crippen molar-refractivity contribution in [2.24, 2.45) is 5.92 Å². The first-order valence-electron chi connectivity index (χ1n) is 7.57. The number of anilines is 1. The van der Waals surface area contributed by atoms with Crippen LogP contribution in [0.25, 0.3) is 0 Å². The summed E-state index contributed by atoms with van der Waals surface area (Å²) >= 11 is 5.80. The Morgan fingerprint density at radius 1 is 1.48 bits per heavy atom. The summed E-state index contributed by atoms with van der Waals surface area (Å²) in [6.45, 7) is 2.36. The lowest BCUT2D eigenvalue weighted by Gasteiger charge is -2.31. The van der Waals surface area contributed by atoms with E-state index in [1.807, 2.05) is 0 Å². The van der Waals surface area contributed by atoms with Gasteiger partial charge in [0.15, 0.2) is 0 Å². The van der Waals surface area contributed by atoms with Crippen LogP contribution >= 0.6 is 11.6 Å². The summed E-state index contributed by atoms with van der Waals surface area (Å²) in [6, 6.07) is 3.91. The minimum absolute atomic E-state index is 0.0102. The quantitative estimate of drug-likeness (QED) is 0.875. The largest absolute Gasteiger partial charge is 0.323 e. The van der Waals surface area contributed by atoms with Gasteiger partial charge < -0.3 is 5.32 Å². The molecule has 1 fully saturated rings. The number of hydrogen-bond donors (Lipinski definition) is 1. The normalized spacial score (nSPS) is 19.5. The summed E-state index contributed by atoms with van der Waals surface area (Å²) in [6.07, 6.45) is 1.72. The monoisotopic (exact) mass is 362 g/mol. The standard InChI is InChI=1S/C15H20ClFN2O3S/c1-2-8-23(21,22)19-7-3-4-11(10-19)15(20)18-14-9-12(16)5-6-13(14)17/h5-6,9,11H,2-4,7-8,10H2,1H3,(H,18,20)/t11-/m1/s1. The number of carbonyl (C=O) groups is 1. The van der Waals surface area contributed by atoms with E-state index in [0.717, 1.165) is 0 Å². The molecule has 1 aliphatic rings. The molecule has 1 saturated heterocycles. The van der Waals surface area contributed by atoms with E-state index in [2.05, 4.69) is 5.32 Å². The van der Waals surface area contributed by atoms with Gasteiger partial charge in [0.25, 0.3) is 0 Å². The molecule has 1 atom stereocenters. The second kappa shape index (κ2) is 7.59. The predicted molar refractivity (Wildman–Crippen MR) is 88.4 cm³/mol. The second-order valence-corrected chi connectivity index (χ2v) is 8.15. The van der Waals surface area contributed by atoms with Crippen molar-refractivity contribution in [3.8, 4) is 0 Å². The van der Waals surface area contributed by atoms with Crippen molar-refractivity contribution < 1.29 is 17.6 Å². The number of sulfonamides is 1. The predicted octanol–water partition coefficient (Wildman–Crippen LogP) is 2.87. The van der Waals surface area contributed by atoms with E-state index >= 15 is 0 Å². The van der Waals surface area contributed by atoms with Gasteiger partial charge in [0, 0.05) is 18.1 Å². The minimum Gasteiger partial charge on any atom is -0.323 e. The lowest BCUT2D eigenvalue weighted by Crippen LogP contribution is -2.44. The molecule has 0 aromatic heterocycles. The van der Waals surface area contributed by atoms with Crippen LogP contribution in [0.1, 0.15) is 26.2 Å². The summed E-state index contributed by atoms with van der Waals surface area (Å²) in [5.74, 6) is -1.38. The number of nitrogens with zero attached hydrogens (tertiary/aromatic N) is 1. The smallest absolute Gasteiger partial charge is 0.228 e. The lowest BCUT2D eigenvalue weighted by atomic mass is 9.98. The van der Waals surface area contributed by atoms with Crippen molar-refractivity contribution in [3.05, 3.63) is 29.0 Å². The molecule has 0 radical (unpaired) electrons. The molecule has 1 aliphatic heterocycles. The third-order valence-electron chi connectivity index (χ3n) is 3.80. The van der Waals surface area contributed by atoms with Gasteiger partial charge in [0.2, 0.25) is 15.9 Å². The number of rotatable bonds is 5. The van der Waals surface area contributed by atoms with Crippen LogP contribution < -0.4 is 5.32 Å². The molecule has 0 unspecified atom stereocenters. The van der Waals surface area contributed by atoms with Crippen LogP contribution in [-0.2, 0) is 14.8 Å². The van der Waals surface area contributed by atoms with Gasteiger partial charge in [0.05, 0.1) is 17.4 Å². The highest BCUT2D eigenvalue weighted by atomic mass is 35.5. The Bertz CT molecular complexity index is 681. The van der Waals surface area contributed by atoms with Crippen LogP contribution in [0.15, 0.2) is 18.2 Å². The Morgan fingerprint density at radius 2 is 2.22 bits per heavy atom. The van der Waals surface area contributed by atoms with E-state index < -0.39 is 21.8 Å². The molecule has 1 aromatic carbocycles. The molecule has 0 spiro atoms. The molecule has 2 rings (SSSR count). The van der Waals surface area contributed by atoms with Gasteiger partial charge >= 0.3 is 0 Å². The number of nitrogens with one attached hydrogen (secondary N) is 1. The van der Waals surface area contributed by atoms with Gasteiger partial charge in [-0.05, 0) is 37.5 Å². The third-order valence-corrected chi connectivity index (χ3v) is 6.07. The van der Waals surface area contributed by atoms with Crippen LogP contribution in [0.3, 0.4) is 0 Å². The Balaban J connectivity index is 2.06. The van der Waals surface area contributed by atoms with Crippen molar-refractivity contribution in [1.82, 2.24) is 4.31 Å². The first-order chi connectivity index (χ1) is 10.8. The highest BCUT2D eigenvalue weighted by Gasteiger charge is 2.32. The zero-order valence-corrected chi connectivity index (χ0v) is 14.5. The molecule has 23 heavy (non-hydrogen) atoms. The average Bonchev–Trinajstić information content (AvgIpc) is 2.51. The van der Waals surface area contributed by atoms with Gasteiger partial charge in [-0.25, -0.2) is 17.1 Å². The summed E-state index contributed by atoms with van der Waals surface area (Å²) in [7, 11) is -3.33. The Labute approximate surface area is 140 Å². The summed E-state index contributed by atoms with van der Waals surface area (Å²) < 4.78 is 39.3. The third kappa shape index (κ3) is 4.65. The van der Waals surface area contributed by atoms with Gasteiger partial charge in [-0.1, -0.05) is 18.5 Å². The van der Waals surface area contributed by atoms with Crippen LogP contribution in [0.4, 0.5) is 10.1 Å². The molecule has 5 nitrogen and oxygen atoms in total. The number of halogens is 2. The molecule has 0 aliphatic carbocycles. The van der Waals surface area contributed by atoms with Crippen molar-refractivity contribution >= 4 is 33.2 Å². The number of hydrogen-bond acceptors (Lipinski definition) is 3. The second-order valence-electron chi connectivity index (χ2n) is 5.63. The summed E-state index contributed by atoms with van der Waals surface area (Å²) in [4.78, 5) is 12.3. The molecular weight excluding hydrogens is 343 g/mol. The molecule has 8 heteroatoms. The van der Waals surface area contributed by atoms with Crippen molar-refractivity contribution in [1.29, 1.82) is 0 Å². The summed E-state index contributed by atoms with van der Waals surface area (Å²) in [5, 5.41) is 2.82. The molecule has 1 amide bonds. The molecular formula is C15H20ClFN2O3S. The van der Waals surface area contributed by atoms with E-state index in [-0.39, 0.29) is 23.9 Å². The number of carbonyl (C=O) groups excluding carboxylic acids is 1. The first kappa shape index (κ1) is 18.2. The van der Waals surface area contributed by atoms with Crippen LogP contribution in [0.5, 0.6) is 0 Å². The maximum Gasteiger partial charge on any atom is 0.228 e. The minimum atomic E-state index is -3.33. The van der Waals surface area contributed by atoms with Gasteiger partial charge in [0.1, 0.15) is 5.82 Å². The molecule has 0 saturated carbocycles. The Kier molecular flexibility index (Phi) is 6.00. The van der Waals surface area contributed by atoms with E-state index in [4.69, 9.17) is 11.6 Å². The van der Waals surface area contributed by atoms with Crippen LogP contribution in [0.2, 0.25) is 5.02 Å². The van der Waals surface area contributed by atoms with Gasteiger partial charge in [-0.15, -0.1) is 0 Å². The van der Waals surface area contributed by atoms with E-state index in [1.54, 1.807) is 6.92 Å². The Hall–Kier alpha value is -1.18. The molecule has 1 N–H and O–H groups in total. The topological polar surface area (TPSA) is 66.5 Å². The SMILES string of the molecule is CCCS(=O)(=O)N1CCC[C@@H](C(=O)Nc2cc(Cl)ccc2F)C1.